The fourth-order valence-corrected chi connectivity index (χ4v) is 3.11. The molecule has 0 radical (unpaired) electrons. The summed E-state index contributed by atoms with van der Waals surface area (Å²) in [5.74, 6) is -1.53. The van der Waals surface area contributed by atoms with Gasteiger partial charge in [0.1, 0.15) is 12.3 Å². The lowest BCUT2D eigenvalue weighted by atomic mass is 10.2. The number of carbonyl (C=O) groups is 2. The van der Waals surface area contributed by atoms with Crippen LogP contribution in [0.4, 0.5) is 16.2 Å². The zero-order chi connectivity index (χ0) is 24.4. The number of carbonyl (C=O) groups excluding carboxylic acids is 1. The predicted octanol–water partition coefficient (Wildman–Crippen LogP) is 3.19. The van der Waals surface area contributed by atoms with Crippen molar-refractivity contribution in [3.63, 3.8) is 0 Å². The minimum absolute atomic E-state index is 0. The van der Waals surface area contributed by atoms with Crippen molar-refractivity contribution in [2.24, 2.45) is 0 Å². The van der Waals surface area contributed by atoms with Crippen LogP contribution in [0.1, 0.15) is 21.7 Å². The Labute approximate surface area is 202 Å². The SMILES string of the molecule is Cc1ccc(NC(=O)OCc2cn(-c3cc4nc(C(=O)O)c(=O)[nH]c4cc3[N+](=O)[O-])cn2)cc1.Cl. The van der Waals surface area contributed by atoms with Crippen LogP contribution in [0.3, 0.4) is 0 Å². The highest BCUT2D eigenvalue weighted by Gasteiger charge is 2.21. The van der Waals surface area contributed by atoms with E-state index in [2.05, 4.69) is 20.3 Å². The second kappa shape index (κ2) is 10.0. The van der Waals surface area contributed by atoms with E-state index in [1.54, 1.807) is 12.1 Å². The molecule has 4 rings (SSSR count). The van der Waals surface area contributed by atoms with Crippen LogP contribution in [0.15, 0.2) is 53.7 Å². The number of hydrogen-bond donors (Lipinski definition) is 3. The van der Waals surface area contributed by atoms with Crippen molar-refractivity contribution in [3.8, 4) is 5.69 Å². The average molecular weight is 501 g/mol. The molecular weight excluding hydrogens is 484 g/mol. The van der Waals surface area contributed by atoms with Crippen molar-refractivity contribution in [2.75, 3.05) is 5.32 Å². The van der Waals surface area contributed by atoms with Gasteiger partial charge in [0, 0.05) is 18.0 Å². The van der Waals surface area contributed by atoms with E-state index in [1.807, 2.05) is 19.1 Å². The van der Waals surface area contributed by atoms with Crippen LogP contribution in [0.5, 0.6) is 0 Å². The largest absolute Gasteiger partial charge is 0.476 e. The predicted molar refractivity (Wildman–Crippen MR) is 125 cm³/mol. The summed E-state index contributed by atoms with van der Waals surface area (Å²) >= 11 is 0. The zero-order valence-corrected chi connectivity index (χ0v) is 18.7. The molecule has 2 heterocycles. The number of aromatic nitrogens is 4. The van der Waals surface area contributed by atoms with Crippen LogP contribution in [0, 0.1) is 17.0 Å². The number of aromatic carboxylic acids is 1. The minimum Gasteiger partial charge on any atom is -0.476 e. The topological polar surface area (TPSA) is 182 Å². The maximum absolute atomic E-state index is 12.0. The van der Waals surface area contributed by atoms with Crippen LogP contribution in [0.2, 0.25) is 0 Å². The van der Waals surface area contributed by atoms with E-state index in [9.17, 15) is 24.5 Å². The first-order valence-electron chi connectivity index (χ1n) is 9.70. The Hall–Kier alpha value is -4.78. The van der Waals surface area contributed by atoms with Gasteiger partial charge in [-0.1, -0.05) is 17.7 Å². The van der Waals surface area contributed by atoms with Gasteiger partial charge in [0.15, 0.2) is 0 Å². The van der Waals surface area contributed by atoms with Gasteiger partial charge in [-0.15, -0.1) is 12.4 Å². The van der Waals surface area contributed by atoms with Crippen molar-refractivity contribution in [3.05, 3.63) is 86.3 Å². The van der Waals surface area contributed by atoms with Crippen LogP contribution in [-0.2, 0) is 11.3 Å². The van der Waals surface area contributed by atoms with E-state index in [1.165, 1.54) is 23.2 Å². The van der Waals surface area contributed by atoms with E-state index in [0.717, 1.165) is 11.6 Å². The highest BCUT2D eigenvalue weighted by atomic mass is 35.5. The first kappa shape index (κ1) is 24.9. The summed E-state index contributed by atoms with van der Waals surface area (Å²) in [6, 6.07) is 9.44. The molecule has 0 saturated carbocycles. The van der Waals surface area contributed by atoms with E-state index >= 15 is 0 Å². The summed E-state index contributed by atoms with van der Waals surface area (Å²) in [5.41, 5.74) is -0.157. The van der Waals surface area contributed by atoms with Crippen molar-refractivity contribution < 1.29 is 24.4 Å². The number of rotatable bonds is 6. The molecule has 1 amide bonds. The summed E-state index contributed by atoms with van der Waals surface area (Å²) in [5, 5.41) is 23.3. The van der Waals surface area contributed by atoms with Crippen LogP contribution >= 0.6 is 12.4 Å². The Bertz CT molecular complexity index is 1500. The van der Waals surface area contributed by atoms with Gasteiger partial charge in [-0.25, -0.2) is 19.6 Å². The number of imidazole rings is 1. The number of amides is 1. The zero-order valence-electron chi connectivity index (χ0n) is 17.9. The summed E-state index contributed by atoms with van der Waals surface area (Å²) in [7, 11) is 0. The van der Waals surface area contributed by atoms with E-state index < -0.39 is 28.2 Å². The third kappa shape index (κ3) is 5.42. The van der Waals surface area contributed by atoms with Gasteiger partial charge in [-0.05, 0) is 25.1 Å². The molecule has 13 nitrogen and oxygen atoms in total. The Kier molecular flexibility index (Phi) is 7.11. The molecule has 2 aromatic carbocycles. The molecule has 0 saturated heterocycles. The molecule has 3 N–H and O–H groups in total. The lowest BCUT2D eigenvalue weighted by Gasteiger charge is -2.07. The number of ether oxygens (including phenoxy) is 1. The Morgan fingerprint density at radius 2 is 1.97 bits per heavy atom. The third-order valence-corrected chi connectivity index (χ3v) is 4.75. The Morgan fingerprint density at radius 1 is 1.26 bits per heavy atom. The summed E-state index contributed by atoms with van der Waals surface area (Å²) < 4.78 is 6.44. The number of halogens is 1. The average Bonchev–Trinajstić information content (AvgIpc) is 3.26. The van der Waals surface area contributed by atoms with E-state index in [0.29, 0.717) is 11.4 Å². The van der Waals surface area contributed by atoms with Crippen molar-refractivity contribution in [1.82, 2.24) is 19.5 Å². The lowest BCUT2D eigenvalue weighted by molar-refractivity contribution is -0.384. The number of nitrogens with one attached hydrogen (secondary N) is 2. The number of fused-ring (bicyclic) bond motifs is 1. The molecule has 0 atom stereocenters. The summed E-state index contributed by atoms with van der Waals surface area (Å²) in [4.78, 5) is 56.2. The number of hydrogen-bond acceptors (Lipinski definition) is 8. The maximum Gasteiger partial charge on any atom is 0.412 e. The number of benzene rings is 2. The van der Waals surface area contributed by atoms with Gasteiger partial charge in [0.05, 0.1) is 28.0 Å². The number of nitro groups is 1. The number of aromatic amines is 1. The molecule has 2 aromatic heterocycles. The summed E-state index contributed by atoms with van der Waals surface area (Å²) in [6.07, 6.45) is 1.98. The normalized spacial score (nSPS) is 10.4. The number of carboxylic acid groups (broad SMARTS) is 1. The van der Waals surface area contributed by atoms with Gasteiger partial charge in [-0.2, -0.15) is 0 Å². The molecule has 14 heteroatoms. The third-order valence-electron chi connectivity index (χ3n) is 4.75. The molecule has 35 heavy (non-hydrogen) atoms. The summed E-state index contributed by atoms with van der Waals surface area (Å²) in [6.45, 7) is 1.71. The quantitative estimate of drug-likeness (QED) is 0.264. The van der Waals surface area contributed by atoms with Crippen LogP contribution in [0.25, 0.3) is 16.7 Å². The standard InChI is InChI=1S/C21H16N6O7.ClH/c1-11-2-4-12(5-3-11)23-21(31)34-9-13-8-26(10-22-13)16-6-14-15(7-17(16)27(32)33)25-19(28)18(24-14)20(29)30;/h2-8,10H,9H2,1H3,(H,23,31)(H,25,28)(H,29,30);1H. The van der Waals surface area contributed by atoms with Gasteiger partial charge in [0.2, 0.25) is 5.69 Å². The molecule has 0 bridgehead atoms. The first-order chi connectivity index (χ1) is 16.2. The van der Waals surface area contributed by atoms with E-state index in [4.69, 9.17) is 9.84 Å². The lowest BCUT2D eigenvalue weighted by Crippen LogP contribution is -2.20. The second-order valence-electron chi connectivity index (χ2n) is 7.17. The number of carboxylic acids is 1. The van der Waals surface area contributed by atoms with Gasteiger partial charge >= 0.3 is 12.1 Å². The molecule has 0 unspecified atom stereocenters. The number of H-pyrrole nitrogens is 1. The van der Waals surface area contributed by atoms with Gasteiger partial charge < -0.3 is 14.8 Å². The van der Waals surface area contributed by atoms with Gasteiger partial charge in [0.25, 0.3) is 11.2 Å². The monoisotopic (exact) mass is 500 g/mol. The second-order valence-corrected chi connectivity index (χ2v) is 7.17. The van der Waals surface area contributed by atoms with Crippen LogP contribution in [-0.4, -0.2) is 41.6 Å². The highest BCUT2D eigenvalue weighted by Crippen LogP contribution is 2.27. The first-order valence-corrected chi connectivity index (χ1v) is 9.70. The molecule has 0 aliphatic heterocycles. The highest BCUT2D eigenvalue weighted by molar-refractivity contribution is 5.89. The fraction of sp³-hybridized carbons (Fsp3) is 0.0952. The van der Waals surface area contributed by atoms with Crippen molar-refractivity contribution in [2.45, 2.75) is 13.5 Å². The van der Waals surface area contributed by atoms with Gasteiger partial charge in [-0.3, -0.25) is 24.8 Å². The Balaban J connectivity index is 0.00000342. The number of aryl methyl sites for hydroxylation is 1. The minimum atomic E-state index is -1.53. The molecule has 4 aromatic rings. The van der Waals surface area contributed by atoms with E-state index in [-0.39, 0.29) is 41.4 Å². The van der Waals surface area contributed by atoms with Crippen molar-refractivity contribution in [1.29, 1.82) is 0 Å². The molecule has 0 aliphatic carbocycles. The maximum atomic E-state index is 12.0. The molecule has 180 valence electrons. The molecule has 0 spiro atoms. The number of nitro benzene ring substituents is 1. The smallest absolute Gasteiger partial charge is 0.412 e. The Morgan fingerprint density at radius 3 is 2.63 bits per heavy atom. The number of nitrogens with zero attached hydrogens (tertiary/aromatic N) is 4. The van der Waals surface area contributed by atoms with Crippen LogP contribution < -0.4 is 10.9 Å². The molecule has 0 fully saturated rings. The molecule has 0 aliphatic rings. The number of anilines is 1. The molecular formula is C21H17ClN6O7. The van der Waals surface area contributed by atoms with Crippen molar-refractivity contribution >= 4 is 46.9 Å². The fourth-order valence-electron chi connectivity index (χ4n) is 3.11.